The number of ether oxygens (including phenoxy) is 1. The second-order valence-electron chi connectivity index (χ2n) is 6.48. The van der Waals surface area contributed by atoms with Crippen molar-refractivity contribution in [3.8, 4) is 17.1 Å². The van der Waals surface area contributed by atoms with Gasteiger partial charge in [-0.3, -0.25) is 0 Å². The third kappa shape index (κ3) is 3.36. The van der Waals surface area contributed by atoms with Crippen LogP contribution in [0.4, 0.5) is 0 Å². The minimum atomic E-state index is -3.59. The molecular formula is C18H19N5O4S. The lowest BCUT2D eigenvalue weighted by Gasteiger charge is -2.17. The number of aryl methyl sites for hydroxylation is 1. The summed E-state index contributed by atoms with van der Waals surface area (Å²) in [5.41, 5.74) is 1.39. The monoisotopic (exact) mass is 401 g/mol. The second-order valence-corrected chi connectivity index (χ2v) is 8.42. The first kappa shape index (κ1) is 18.5. The maximum Gasteiger partial charge on any atom is 0.243 e. The lowest BCUT2D eigenvalue weighted by Crippen LogP contribution is -2.28. The number of methoxy groups -OCH3 is 1. The fraction of sp³-hybridized carbons (Fsp3) is 0.333. The van der Waals surface area contributed by atoms with Crippen molar-refractivity contribution >= 4 is 10.0 Å². The van der Waals surface area contributed by atoms with Crippen molar-refractivity contribution in [1.29, 1.82) is 0 Å². The number of nitrogens with zero attached hydrogens (tertiary/aromatic N) is 5. The summed E-state index contributed by atoms with van der Waals surface area (Å²) in [5, 5.41) is 3.94. The van der Waals surface area contributed by atoms with Crippen LogP contribution in [0, 0.1) is 6.92 Å². The molecule has 10 heteroatoms. The highest BCUT2D eigenvalue weighted by molar-refractivity contribution is 7.89. The smallest absolute Gasteiger partial charge is 0.243 e. The average Bonchev–Trinajstić information content (AvgIpc) is 3.38. The van der Waals surface area contributed by atoms with Gasteiger partial charge < -0.3 is 9.26 Å². The SMILES string of the molecule is COc1ccc(S(=O)(=O)N2CC[C@H](c3ncncc3-c3noc(C)n3)C2)cc1. The molecule has 3 aromatic rings. The Morgan fingerprint density at radius 1 is 1.25 bits per heavy atom. The van der Waals surface area contributed by atoms with E-state index in [-0.39, 0.29) is 10.8 Å². The molecule has 28 heavy (non-hydrogen) atoms. The van der Waals surface area contributed by atoms with E-state index in [1.165, 1.54) is 10.6 Å². The van der Waals surface area contributed by atoms with Gasteiger partial charge in [0.2, 0.25) is 21.7 Å². The number of benzene rings is 1. The molecule has 1 aromatic carbocycles. The van der Waals surface area contributed by atoms with Gasteiger partial charge in [0.15, 0.2) is 0 Å². The Morgan fingerprint density at radius 2 is 2.04 bits per heavy atom. The van der Waals surface area contributed by atoms with Crippen molar-refractivity contribution in [3.05, 3.63) is 48.4 Å². The van der Waals surface area contributed by atoms with Crippen molar-refractivity contribution in [3.63, 3.8) is 0 Å². The molecule has 1 saturated heterocycles. The summed E-state index contributed by atoms with van der Waals surface area (Å²) in [5.74, 6) is 1.38. The molecule has 2 aromatic heterocycles. The van der Waals surface area contributed by atoms with Gasteiger partial charge >= 0.3 is 0 Å². The maximum atomic E-state index is 13.0. The molecule has 0 N–H and O–H groups in total. The first-order chi connectivity index (χ1) is 13.5. The normalized spacial score (nSPS) is 17.7. The van der Waals surface area contributed by atoms with Crippen LogP contribution in [0.2, 0.25) is 0 Å². The highest BCUT2D eigenvalue weighted by Gasteiger charge is 2.35. The van der Waals surface area contributed by atoms with Gasteiger partial charge in [-0.15, -0.1) is 0 Å². The van der Waals surface area contributed by atoms with Gasteiger partial charge in [-0.25, -0.2) is 18.4 Å². The molecule has 0 bridgehead atoms. The molecule has 3 heterocycles. The van der Waals surface area contributed by atoms with Crippen molar-refractivity contribution in [2.75, 3.05) is 20.2 Å². The van der Waals surface area contributed by atoms with E-state index in [9.17, 15) is 8.42 Å². The summed E-state index contributed by atoms with van der Waals surface area (Å²) in [7, 11) is -2.05. The van der Waals surface area contributed by atoms with Crippen LogP contribution < -0.4 is 4.74 Å². The van der Waals surface area contributed by atoms with E-state index < -0.39 is 10.0 Å². The summed E-state index contributed by atoms with van der Waals surface area (Å²) >= 11 is 0. The van der Waals surface area contributed by atoms with Gasteiger partial charge in [-0.2, -0.15) is 9.29 Å². The van der Waals surface area contributed by atoms with E-state index in [1.807, 2.05) is 0 Å². The first-order valence-electron chi connectivity index (χ1n) is 8.74. The van der Waals surface area contributed by atoms with E-state index in [0.29, 0.717) is 42.5 Å². The minimum Gasteiger partial charge on any atom is -0.497 e. The predicted molar refractivity (Wildman–Crippen MR) is 99.2 cm³/mol. The molecule has 1 aliphatic rings. The molecule has 1 aliphatic heterocycles. The van der Waals surface area contributed by atoms with Crippen LogP contribution in [0.5, 0.6) is 5.75 Å². The van der Waals surface area contributed by atoms with E-state index in [4.69, 9.17) is 9.26 Å². The Labute approximate surface area is 162 Å². The van der Waals surface area contributed by atoms with Gasteiger partial charge in [0.25, 0.3) is 0 Å². The van der Waals surface area contributed by atoms with Crippen LogP contribution >= 0.6 is 0 Å². The summed E-state index contributed by atoms with van der Waals surface area (Å²) in [6, 6.07) is 6.39. The fourth-order valence-electron chi connectivity index (χ4n) is 3.31. The van der Waals surface area contributed by atoms with Gasteiger partial charge in [-0.05, 0) is 30.7 Å². The van der Waals surface area contributed by atoms with Gasteiger partial charge in [0, 0.05) is 32.1 Å². The van der Waals surface area contributed by atoms with Crippen molar-refractivity contribution < 1.29 is 17.7 Å². The molecule has 9 nitrogen and oxygen atoms in total. The quantitative estimate of drug-likeness (QED) is 0.638. The zero-order valence-corrected chi connectivity index (χ0v) is 16.3. The molecule has 0 amide bonds. The maximum absolute atomic E-state index is 13.0. The van der Waals surface area contributed by atoms with Crippen LogP contribution in [0.1, 0.15) is 23.9 Å². The van der Waals surface area contributed by atoms with E-state index >= 15 is 0 Å². The van der Waals surface area contributed by atoms with Crippen LogP contribution in [-0.4, -0.2) is 53.0 Å². The Morgan fingerprint density at radius 3 is 2.71 bits per heavy atom. The molecule has 0 radical (unpaired) electrons. The molecule has 1 atom stereocenters. The minimum absolute atomic E-state index is 0.0789. The summed E-state index contributed by atoms with van der Waals surface area (Å²) in [4.78, 5) is 12.9. The molecule has 0 saturated carbocycles. The Kier molecular flexibility index (Phi) is 4.82. The van der Waals surface area contributed by atoms with Crippen LogP contribution in [0.15, 0.2) is 46.2 Å². The molecule has 4 rings (SSSR count). The van der Waals surface area contributed by atoms with E-state index in [0.717, 1.165) is 5.69 Å². The van der Waals surface area contributed by atoms with Crippen LogP contribution in [0.25, 0.3) is 11.4 Å². The number of aromatic nitrogens is 4. The highest BCUT2D eigenvalue weighted by Crippen LogP contribution is 2.34. The van der Waals surface area contributed by atoms with Gasteiger partial charge in [0.1, 0.15) is 12.1 Å². The van der Waals surface area contributed by atoms with Crippen molar-refractivity contribution in [1.82, 2.24) is 24.4 Å². The topological polar surface area (TPSA) is 111 Å². The first-order valence-corrected chi connectivity index (χ1v) is 10.2. The number of sulfonamides is 1. The summed E-state index contributed by atoms with van der Waals surface area (Å²) in [6.07, 6.45) is 3.73. The fourth-order valence-corrected chi connectivity index (χ4v) is 4.81. The lowest BCUT2D eigenvalue weighted by atomic mass is 10.00. The summed E-state index contributed by atoms with van der Waals surface area (Å²) in [6.45, 7) is 2.45. The van der Waals surface area contributed by atoms with E-state index in [2.05, 4.69) is 20.1 Å². The largest absolute Gasteiger partial charge is 0.497 e. The standard InChI is InChI=1S/C18H19N5O4S/c1-12-21-18(22-27-12)16-9-19-11-20-17(16)13-7-8-23(10-13)28(24,25)15-5-3-14(26-2)4-6-15/h3-6,9,11,13H,7-8,10H2,1-2H3/t13-/m0/s1. The van der Waals surface area contributed by atoms with Crippen molar-refractivity contribution in [2.24, 2.45) is 0 Å². The molecule has 0 aliphatic carbocycles. The number of hydrogen-bond acceptors (Lipinski definition) is 8. The Hall–Kier alpha value is -2.85. The average molecular weight is 401 g/mol. The van der Waals surface area contributed by atoms with Crippen molar-refractivity contribution in [2.45, 2.75) is 24.2 Å². The number of hydrogen-bond donors (Lipinski definition) is 0. The van der Waals surface area contributed by atoms with Gasteiger partial charge in [0.05, 0.1) is 23.3 Å². The zero-order valence-electron chi connectivity index (χ0n) is 15.4. The zero-order chi connectivity index (χ0) is 19.7. The highest BCUT2D eigenvalue weighted by atomic mass is 32.2. The number of rotatable bonds is 5. The predicted octanol–water partition coefficient (Wildman–Crippen LogP) is 2.02. The Bertz CT molecular complexity index is 1080. The van der Waals surface area contributed by atoms with E-state index in [1.54, 1.807) is 44.5 Å². The molecule has 0 spiro atoms. The van der Waals surface area contributed by atoms with Crippen LogP contribution in [0.3, 0.4) is 0 Å². The lowest BCUT2D eigenvalue weighted by molar-refractivity contribution is 0.394. The Balaban J connectivity index is 1.59. The molecule has 146 valence electrons. The van der Waals surface area contributed by atoms with Crippen LogP contribution in [-0.2, 0) is 10.0 Å². The molecular weight excluding hydrogens is 382 g/mol. The third-order valence-electron chi connectivity index (χ3n) is 4.75. The molecule has 0 unspecified atom stereocenters. The molecule has 1 fully saturated rings. The summed E-state index contributed by atoms with van der Waals surface area (Å²) < 4.78 is 37.6. The third-order valence-corrected chi connectivity index (χ3v) is 6.63. The second kappa shape index (κ2) is 7.28. The van der Waals surface area contributed by atoms with Gasteiger partial charge in [-0.1, -0.05) is 5.16 Å².